The van der Waals surface area contributed by atoms with Gasteiger partial charge in [0.1, 0.15) is 5.82 Å². The lowest BCUT2D eigenvalue weighted by atomic mass is 10.0. The van der Waals surface area contributed by atoms with E-state index in [1.807, 2.05) is 40.1 Å². The quantitative estimate of drug-likeness (QED) is 0.471. The Labute approximate surface area is 204 Å². The van der Waals surface area contributed by atoms with E-state index in [1.165, 1.54) is 6.07 Å². The largest absolute Gasteiger partial charge is 0.340 e. The van der Waals surface area contributed by atoms with Crippen molar-refractivity contribution in [2.45, 2.75) is 52.0 Å². The molecule has 0 N–H and O–H groups in total. The Morgan fingerprint density at radius 2 is 1.89 bits per heavy atom. The van der Waals surface area contributed by atoms with Crippen LogP contribution in [0.15, 0.2) is 53.1 Å². The predicted octanol–water partition coefficient (Wildman–Crippen LogP) is 4.66. The van der Waals surface area contributed by atoms with Crippen LogP contribution in [-0.4, -0.2) is 57.4 Å². The number of aryl methyl sites for hydroxylation is 2. The van der Waals surface area contributed by atoms with Gasteiger partial charge in [0.2, 0.25) is 17.6 Å². The summed E-state index contributed by atoms with van der Waals surface area (Å²) in [6.07, 6.45) is 3.01. The van der Waals surface area contributed by atoms with Gasteiger partial charge < -0.3 is 14.3 Å². The molecule has 1 aliphatic rings. The summed E-state index contributed by atoms with van der Waals surface area (Å²) in [6, 6.07) is 14.1. The zero-order valence-electron chi connectivity index (χ0n) is 20.2. The van der Waals surface area contributed by atoms with Gasteiger partial charge in [0.15, 0.2) is 0 Å². The molecule has 0 saturated carbocycles. The lowest BCUT2D eigenvalue weighted by Crippen LogP contribution is -2.49. The van der Waals surface area contributed by atoms with Gasteiger partial charge in [0.25, 0.3) is 5.91 Å². The third kappa shape index (κ3) is 5.93. The maximum Gasteiger partial charge on any atom is 0.253 e. The fourth-order valence-electron chi connectivity index (χ4n) is 4.51. The molecule has 2 amide bonds. The molecule has 3 aromatic rings. The van der Waals surface area contributed by atoms with Crippen LogP contribution in [0.2, 0.25) is 0 Å². The highest BCUT2D eigenvalue weighted by atomic mass is 19.1. The number of hydrogen-bond donors (Lipinski definition) is 0. The molecule has 4 rings (SSSR count). The predicted molar refractivity (Wildman–Crippen MR) is 130 cm³/mol. The van der Waals surface area contributed by atoms with E-state index in [-0.39, 0.29) is 30.1 Å². The van der Waals surface area contributed by atoms with Crippen molar-refractivity contribution in [3.63, 3.8) is 0 Å². The number of carbonyl (C=O) groups is 2. The number of halogens is 1. The van der Waals surface area contributed by atoms with Gasteiger partial charge in [-0.15, -0.1) is 0 Å². The molecule has 1 aliphatic heterocycles. The molecule has 0 aliphatic carbocycles. The first-order chi connectivity index (χ1) is 17.0. The minimum Gasteiger partial charge on any atom is -0.340 e. The Balaban J connectivity index is 1.32. The second-order valence-electron chi connectivity index (χ2n) is 8.95. The van der Waals surface area contributed by atoms with E-state index < -0.39 is 0 Å². The van der Waals surface area contributed by atoms with E-state index in [0.717, 1.165) is 19.3 Å². The third-order valence-corrected chi connectivity index (χ3v) is 6.44. The molecule has 0 spiro atoms. The second kappa shape index (κ2) is 11.3. The highest BCUT2D eigenvalue weighted by Crippen LogP contribution is 2.22. The fraction of sp³-hybridized carbons (Fsp3) is 0.407. The van der Waals surface area contributed by atoms with Crippen LogP contribution in [0.3, 0.4) is 0 Å². The molecule has 0 atom stereocenters. The molecule has 35 heavy (non-hydrogen) atoms. The lowest BCUT2D eigenvalue weighted by molar-refractivity contribution is -0.134. The number of hydrogen-bond acceptors (Lipinski definition) is 5. The topological polar surface area (TPSA) is 79.5 Å². The smallest absolute Gasteiger partial charge is 0.253 e. The number of nitrogens with zero attached hydrogens (tertiary/aromatic N) is 4. The first-order valence-corrected chi connectivity index (χ1v) is 12.2. The van der Waals surface area contributed by atoms with Crippen LogP contribution < -0.4 is 0 Å². The van der Waals surface area contributed by atoms with Crippen LogP contribution in [0, 0.1) is 12.7 Å². The minimum absolute atomic E-state index is 0.0426. The number of aromatic nitrogens is 2. The van der Waals surface area contributed by atoms with Gasteiger partial charge in [-0.25, -0.2) is 4.39 Å². The molecule has 1 aromatic heterocycles. The molecule has 2 aromatic carbocycles. The van der Waals surface area contributed by atoms with E-state index >= 15 is 0 Å². The Hall–Kier alpha value is -3.55. The summed E-state index contributed by atoms with van der Waals surface area (Å²) in [7, 11) is 0. The van der Waals surface area contributed by atoms with E-state index in [2.05, 4.69) is 17.1 Å². The van der Waals surface area contributed by atoms with Crippen LogP contribution in [0.1, 0.15) is 54.4 Å². The molecule has 0 bridgehead atoms. The summed E-state index contributed by atoms with van der Waals surface area (Å²) in [4.78, 5) is 34.1. The van der Waals surface area contributed by atoms with Crippen LogP contribution in [0.4, 0.5) is 4.39 Å². The van der Waals surface area contributed by atoms with Gasteiger partial charge in [-0.2, -0.15) is 4.98 Å². The average molecular weight is 479 g/mol. The van der Waals surface area contributed by atoms with Gasteiger partial charge in [-0.1, -0.05) is 30.3 Å². The zero-order chi connectivity index (χ0) is 24.8. The van der Waals surface area contributed by atoms with E-state index in [0.29, 0.717) is 54.5 Å². The number of likely N-dealkylation sites (tertiary alicyclic amines) is 1. The van der Waals surface area contributed by atoms with Gasteiger partial charge in [-0.05, 0) is 62.1 Å². The fourth-order valence-corrected chi connectivity index (χ4v) is 4.51. The highest BCUT2D eigenvalue weighted by molar-refractivity contribution is 5.94. The first-order valence-electron chi connectivity index (χ1n) is 12.2. The van der Waals surface area contributed by atoms with Crippen LogP contribution in [-0.2, 0) is 11.2 Å². The van der Waals surface area contributed by atoms with E-state index in [9.17, 15) is 14.0 Å². The average Bonchev–Trinajstić information content (AvgIpc) is 3.37. The van der Waals surface area contributed by atoms with Crippen molar-refractivity contribution >= 4 is 11.8 Å². The minimum atomic E-state index is -0.283. The van der Waals surface area contributed by atoms with Crippen molar-refractivity contribution in [2.24, 2.45) is 0 Å². The summed E-state index contributed by atoms with van der Waals surface area (Å²) in [5.41, 5.74) is 1.88. The normalized spacial score (nSPS) is 14.2. The Kier molecular flexibility index (Phi) is 7.90. The van der Waals surface area contributed by atoms with Gasteiger partial charge in [0, 0.05) is 49.6 Å². The zero-order valence-corrected chi connectivity index (χ0v) is 20.2. The van der Waals surface area contributed by atoms with E-state index in [1.54, 1.807) is 19.1 Å². The number of amides is 2. The SMILES string of the molecule is CCCN(C(=O)CCc1nc(-c2ccc(F)c(C)c2)no1)C1CCN(C(=O)c2ccccc2)CC1. The number of benzene rings is 2. The molecule has 0 unspecified atom stereocenters. The Morgan fingerprint density at radius 1 is 1.14 bits per heavy atom. The maximum absolute atomic E-state index is 13.5. The van der Waals surface area contributed by atoms with Gasteiger partial charge in [-0.3, -0.25) is 9.59 Å². The molecular weight excluding hydrogens is 447 g/mol. The summed E-state index contributed by atoms with van der Waals surface area (Å²) >= 11 is 0. The standard InChI is InChI=1S/C27H31FN4O3/c1-3-15-32(22-13-16-31(17-14-22)27(34)20-7-5-4-6-8-20)25(33)12-11-24-29-26(30-35-24)21-9-10-23(28)19(2)18-21/h4-10,18,22H,3,11-17H2,1-2H3. The number of rotatable bonds is 8. The maximum atomic E-state index is 13.5. The van der Waals surface area contributed by atoms with Crippen molar-refractivity contribution in [3.8, 4) is 11.4 Å². The van der Waals surface area contributed by atoms with Crippen LogP contribution in [0.25, 0.3) is 11.4 Å². The number of carbonyl (C=O) groups excluding carboxylic acids is 2. The lowest BCUT2D eigenvalue weighted by Gasteiger charge is -2.38. The number of piperidine rings is 1. The highest BCUT2D eigenvalue weighted by Gasteiger charge is 2.29. The monoisotopic (exact) mass is 478 g/mol. The molecule has 0 radical (unpaired) electrons. The van der Waals surface area contributed by atoms with Crippen molar-refractivity contribution in [3.05, 3.63) is 71.4 Å². The van der Waals surface area contributed by atoms with Gasteiger partial charge in [0.05, 0.1) is 0 Å². The molecule has 184 valence electrons. The van der Waals surface area contributed by atoms with Crippen molar-refractivity contribution in [2.75, 3.05) is 19.6 Å². The molecule has 1 fully saturated rings. The molecule has 7 nitrogen and oxygen atoms in total. The molecule has 1 saturated heterocycles. The third-order valence-electron chi connectivity index (χ3n) is 6.44. The Morgan fingerprint density at radius 3 is 2.57 bits per heavy atom. The van der Waals surface area contributed by atoms with Crippen molar-refractivity contribution in [1.29, 1.82) is 0 Å². The van der Waals surface area contributed by atoms with Gasteiger partial charge >= 0.3 is 0 Å². The molecule has 8 heteroatoms. The summed E-state index contributed by atoms with van der Waals surface area (Å²) in [6.45, 7) is 5.69. The van der Waals surface area contributed by atoms with Crippen molar-refractivity contribution < 1.29 is 18.5 Å². The molecular formula is C27H31FN4O3. The molecule has 2 heterocycles. The second-order valence-corrected chi connectivity index (χ2v) is 8.95. The first kappa shape index (κ1) is 24.6. The summed E-state index contributed by atoms with van der Waals surface area (Å²) < 4.78 is 18.9. The summed E-state index contributed by atoms with van der Waals surface area (Å²) in [5, 5.41) is 3.99. The van der Waals surface area contributed by atoms with Crippen LogP contribution >= 0.6 is 0 Å². The van der Waals surface area contributed by atoms with Crippen LogP contribution in [0.5, 0.6) is 0 Å². The Bertz CT molecular complexity index is 1160. The van der Waals surface area contributed by atoms with E-state index in [4.69, 9.17) is 4.52 Å². The summed E-state index contributed by atoms with van der Waals surface area (Å²) in [5.74, 6) is 0.582. The van der Waals surface area contributed by atoms with Crippen molar-refractivity contribution in [1.82, 2.24) is 19.9 Å².